The average Bonchev–Trinajstić information content (AvgIpc) is 2.58. The summed E-state index contributed by atoms with van der Waals surface area (Å²) < 4.78 is 5.49. The highest BCUT2D eigenvalue weighted by molar-refractivity contribution is 6.35. The van der Waals surface area contributed by atoms with Crippen LogP contribution in [0.5, 0.6) is 5.75 Å². The first-order valence-electron chi connectivity index (χ1n) is 7.61. The van der Waals surface area contributed by atoms with Gasteiger partial charge in [0.1, 0.15) is 5.75 Å². The molecule has 2 aromatic carbocycles. The van der Waals surface area contributed by atoms with Gasteiger partial charge in [0.05, 0.1) is 18.1 Å². The Labute approximate surface area is 156 Å². The van der Waals surface area contributed by atoms with Gasteiger partial charge in [-0.3, -0.25) is 9.59 Å². The maximum atomic E-state index is 12.1. The van der Waals surface area contributed by atoms with Crippen LogP contribution in [0, 0.1) is 6.92 Å². The Balaban J connectivity index is 1.93. The molecule has 0 heterocycles. The number of ether oxygens (including phenoxy) is 1. The van der Waals surface area contributed by atoms with Crippen molar-refractivity contribution in [2.45, 2.75) is 13.3 Å². The van der Waals surface area contributed by atoms with E-state index in [1.807, 2.05) is 0 Å². The molecule has 2 rings (SSSR count). The second kappa shape index (κ2) is 8.74. The number of carbonyl (C=O) groups is 2. The fraction of sp³-hybridized carbons (Fsp3) is 0.222. The lowest BCUT2D eigenvalue weighted by Crippen LogP contribution is -2.21. The van der Waals surface area contributed by atoms with E-state index >= 15 is 0 Å². The lowest BCUT2D eigenvalue weighted by Gasteiger charge is -2.12. The van der Waals surface area contributed by atoms with E-state index in [0.717, 1.165) is 0 Å². The van der Waals surface area contributed by atoms with Crippen LogP contribution in [-0.2, 0) is 4.79 Å². The van der Waals surface area contributed by atoms with Gasteiger partial charge in [-0.1, -0.05) is 29.3 Å². The SMILES string of the molecule is CNC(=O)c1cccc(NC(=O)CCOc2ccc(Cl)cc2Cl)c1C. The number of halogens is 2. The van der Waals surface area contributed by atoms with Crippen molar-refractivity contribution in [3.05, 3.63) is 57.6 Å². The third-order valence-corrected chi connectivity index (χ3v) is 4.09. The van der Waals surface area contributed by atoms with Crippen LogP contribution in [0.3, 0.4) is 0 Å². The van der Waals surface area contributed by atoms with Crippen molar-refractivity contribution >= 4 is 40.7 Å². The minimum absolute atomic E-state index is 0.141. The van der Waals surface area contributed by atoms with Crippen molar-refractivity contribution < 1.29 is 14.3 Å². The van der Waals surface area contributed by atoms with Crippen LogP contribution in [0.25, 0.3) is 0 Å². The topological polar surface area (TPSA) is 67.4 Å². The van der Waals surface area contributed by atoms with E-state index in [4.69, 9.17) is 27.9 Å². The quantitative estimate of drug-likeness (QED) is 0.793. The van der Waals surface area contributed by atoms with Gasteiger partial charge < -0.3 is 15.4 Å². The monoisotopic (exact) mass is 380 g/mol. The summed E-state index contributed by atoms with van der Waals surface area (Å²) in [5.74, 6) is 0.0493. The first-order chi connectivity index (χ1) is 11.9. The summed E-state index contributed by atoms with van der Waals surface area (Å²) in [6, 6.07) is 10.1. The zero-order valence-electron chi connectivity index (χ0n) is 13.9. The van der Waals surface area contributed by atoms with Crippen molar-refractivity contribution in [2.24, 2.45) is 0 Å². The zero-order chi connectivity index (χ0) is 18.4. The van der Waals surface area contributed by atoms with E-state index in [-0.39, 0.29) is 24.8 Å². The number of anilines is 1. The number of nitrogens with one attached hydrogen (secondary N) is 2. The van der Waals surface area contributed by atoms with Gasteiger partial charge in [0, 0.05) is 23.3 Å². The minimum Gasteiger partial charge on any atom is -0.491 e. The lowest BCUT2D eigenvalue weighted by atomic mass is 10.1. The first kappa shape index (κ1) is 19.1. The Morgan fingerprint density at radius 2 is 1.92 bits per heavy atom. The summed E-state index contributed by atoms with van der Waals surface area (Å²) in [6.45, 7) is 1.95. The zero-order valence-corrected chi connectivity index (χ0v) is 15.4. The van der Waals surface area contributed by atoms with Crippen molar-refractivity contribution in [3.8, 4) is 5.75 Å². The molecule has 0 aliphatic carbocycles. The van der Waals surface area contributed by atoms with Gasteiger partial charge in [-0.25, -0.2) is 0 Å². The molecule has 2 aromatic rings. The van der Waals surface area contributed by atoms with Crippen LogP contribution in [-0.4, -0.2) is 25.5 Å². The normalized spacial score (nSPS) is 10.2. The summed E-state index contributed by atoms with van der Waals surface area (Å²) >= 11 is 11.8. The molecular weight excluding hydrogens is 363 g/mol. The largest absolute Gasteiger partial charge is 0.491 e. The van der Waals surface area contributed by atoms with E-state index < -0.39 is 0 Å². The minimum atomic E-state index is -0.220. The third-order valence-electron chi connectivity index (χ3n) is 3.56. The van der Waals surface area contributed by atoms with E-state index in [2.05, 4.69) is 10.6 Å². The van der Waals surface area contributed by atoms with Crippen molar-refractivity contribution in [1.82, 2.24) is 5.32 Å². The molecule has 0 unspecified atom stereocenters. The predicted molar refractivity (Wildman–Crippen MR) is 99.8 cm³/mol. The molecule has 0 bridgehead atoms. The number of hydrogen-bond donors (Lipinski definition) is 2. The summed E-state index contributed by atoms with van der Waals surface area (Å²) in [6.07, 6.45) is 0.141. The molecule has 7 heteroatoms. The molecule has 2 N–H and O–H groups in total. The predicted octanol–water partition coefficient (Wildman–Crippen LogP) is 4.07. The van der Waals surface area contributed by atoms with Crippen LogP contribution < -0.4 is 15.4 Å². The summed E-state index contributed by atoms with van der Waals surface area (Å²) in [5, 5.41) is 6.26. The second-order valence-electron chi connectivity index (χ2n) is 5.28. The molecule has 0 aliphatic rings. The van der Waals surface area contributed by atoms with Gasteiger partial charge in [-0.05, 0) is 42.8 Å². The Morgan fingerprint density at radius 1 is 1.16 bits per heavy atom. The summed E-state index contributed by atoms with van der Waals surface area (Å²) in [5.41, 5.74) is 1.82. The molecule has 132 valence electrons. The molecule has 0 saturated carbocycles. The molecule has 25 heavy (non-hydrogen) atoms. The molecule has 0 saturated heterocycles. The third kappa shape index (κ3) is 5.11. The Kier molecular flexibility index (Phi) is 6.67. The maximum absolute atomic E-state index is 12.1. The second-order valence-corrected chi connectivity index (χ2v) is 6.12. The van der Waals surface area contributed by atoms with E-state index in [1.54, 1.807) is 50.4 Å². The van der Waals surface area contributed by atoms with Crippen molar-refractivity contribution in [2.75, 3.05) is 19.0 Å². The van der Waals surface area contributed by atoms with Crippen molar-refractivity contribution in [1.29, 1.82) is 0 Å². The van der Waals surface area contributed by atoms with Crippen molar-refractivity contribution in [3.63, 3.8) is 0 Å². The first-order valence-corrected chi connectivity index (χ1v) is 8.37. The highest BCUT2D eigenvalue weighted by Crippen LogP contribution is 2.27. The lowest BCUT2D eigenvalue weighted by molar-refractivity contribution is -0.116. The smallest absolute Gasteiger partial charge is 0.251 e. The van der Waals surface area contributed by atoms with E-state index in [0.29, 0.717) is 32.6 Å². The van der Waals surface area contributed by atoms with Gasteiger partial charge in [-0.2, -0.15) is 0 Å². The molecule has 0 aliphatic heterocycles. The van der Waals surface area contributed by atoms with Gasteiger partial charge >= 0.3 is 0 Å². The number of benzene rings is 2. The molecule has 0 radical (unpaired) electrons. The number of rotatable bonds is 6. The molecular formula is C18H18Cl2N2O3. The summed E-state index contributed by atoms with van der Waals surface area (Å²) in [4.78, 5) is 23.9. The van der Waals surface area contributed by atoms with Gasteiger partial charge in [0.25, 0.3) is 5.91 Å². The molecule has 2 amide bonds. The highest BCUT2D eigenvalue weighted by Gasteiger charge is 2.12. The Morgan fingerprint density at radius 3 is 2.60 bits per heavy atom. The fourth-order valence-corrected chi connectivity index (χ4v) is 2.67. The standard InChI is InChI=1S/C18H18Cl2N2O3/c1-11-13(18(24)21-2)4-3-5-15(11)22-17(23)8-9-25-16-7-6-12(19)10-14(16)20/h3-7,10H,8-9H2,1-2H3,(H,21,24)(H,22,23). The average molecular weight is 381 g/mol. The van der Waals surface area contributed by atoms with Crippen LogP contribution in [0.2, 0.25) is 10.0 Å². The summed E-state index contributed by atoms with van der Waals surface area (Å²) in [7, 11) is 1.56. The van der Waals surface area contributed by atoms with E-state index in [1.165, 1.54) is 0 Å². The fourth-order valence-electron chi connectivity index (χ4n) is 2.21. The molecule has 0 fully saturated rings. The Bertz CT molecular complexity index is 794. The number of hydrogen-bond acceptors (Lipinski definition) is 3. The van der Waals surface area contributed by atoms with Gasteiger partial charge in [-0.15, -0.1) is 0 Å². The molecule has 0 spiro atoms. The maximum Gasteiger partial charge on any atom is 0.251 e. The van der Waals surface area contributed by atoms with Crippen LogP contribution in [0.15, 0.2) is 36.4 Å². The van der Waals surface area contributed by atoms with Crippen LogP contribution in [0.4, 0.5) is 5.69 Å². The van der Waals surface area contributed by atoms with E-state index in [9.17, 15) is 9.59 Å². The van der Waals surface area contributed by atoms with Crippen LogP contribution >= 0.6 is 23.2 Å². The van der Waals surface area contributed by atoms with Crippen LogP contribution in [0.1, 0.15) is 22.3 Å². The molecule has 0 aromatic heterocycles. The molecule has 5 nitrogen and oxygen atoms in total. The van der Waals surface area contributed by atoms with Gasteiger partial charge in [0.2, 0.25) is 5.91 Å². The molecule has 0 atom stereocenters. The number of amides is 2. The highest BCUT2D eigenvalue weighted by atomic mass is 35.5. The Hall–Kier alpha value is -2.24. The van der Waals surface area contributed by atoms with Gasteiger partial charge in [0.15, 0.2) is 0 Å². The number of carbonyl (C=O) groups excluding carboxylic acids is 2.